The van der Waals surface area contributed by atoms with Crippen molar-refractivity contribution in [2.24, 2.45) is 4.99 Å². The van der Waals surface area contributed by atoms with E-state index in [1.165, 1.54) is 4.57 Å². The topological polar surface area (TPSA) is 121 Å². The number of nitro groups is 2. The Labute approximate surface area is 176 Å². The fraction of sp³-hybridized carbons (Fsp3) is 0.0588. The van der Waals surface area contributed by atoms with E-state index in [4.69, 9.17) is 29.6 Å². The predicted octanol–water partition coefficient (Wildman–Crippen LogP) is 4.20. The van der Waals surface area contributed by atoms with E-state index in [0.29, 0.717) is 10.2 Å². The molecule has 0 aliphatic rings. The second-order valence-corrected chi connectivity index (χ2v) is 7.35. The number of benzene rings is 2. The third kappa shape index (κ3) is 3.97. The third-order valence-electron chi connectivity index (χ3n) is 3.75. The maximum absolute atomic E-state index is 12.6. The fourth-order valence-corrected chi connectivity index (χ4v) is 4.02. The van der Waals surface area contributed by atoms with Crippen LogP contribution in [-0.2, 0) is 6.54 Å². The molecule has 0 aliphatic heterocycles. The molecule has 1 heterocycles. The molecule has 0 saturated heterocycles. The van der Waals surface area contributed by atoms with Crippen LogP contribution in [0.3, 0.4) is 0 Å². The van der Waals surface area contributed by atoms with Gasteiger partial charge in [-0.05, 0) is 12.1 Å². The standard InChI is InChI=1S/C17H8Cl2N4O5S/c1-2-5-21-15-13(4-3-12(18)14(15)19)29-17(21)20-16(24)9-6-10(22(25)26)8-11(7-9)23(27)28/h1,3-4,6-8H,5H2. The Morgan fingerprint density at radius 1 is 1.17 bits per heavy atom. The Balaban J connectivity index is 2.22. The van der Waals surface area contributed by atoms with E-state index in [1.54, 1.807) is 12.1 Å². The zero-order valence-electron chi connectivity index (χ0n) is 14.2. The summed E-state index contributed by atoms with van der Waals surface area (Å²) in [5, 5.41) is 22.6. The number of nitrogens with zero attached hydrogens (tertiary/aromatic N) is 4. The van der Waals surface area contributed by atoms with Gasteiger partial charge in [-0.25, -0.2) is 0 Å². The van der Waals surface area contributed by atoms with Crippen LogP contribution in [0.2, 0.25) is 10.0 Å². The lowest BCUT2D eigenvalue weighted by Gasteiger charge is -2.03. The number of carbonyl (C=O) groups excluding carboxylic acids is 1. The van der Waals surface area contributed by atoms with Crippen molar-refractivity contribution in [2.75, 3.05) is 0 Å². The molecule has 0 spiro atoms. The number of non-ortho nitro benzene ring substituents is 2. The molecule has 1 amide bonds. The lowest BCUT2D eigenvalue weighted by molar-refractivity contribution is -0.394. The molecule has 3 rings (SSSR count). The number of nitro benzene ring substituents is 2. The summed E-state index contributed by atoms with van der Waals surface area (Å²) in [5.41, 5.74) is -1.01. The first-order valence-corrected chi connectivity index (χ1v) is 9.24. The number of thiazole rings is 1. The van der Waals surface area contributed by atoms with Crippen molar-refractivity contribution in [1.29, 1.82) is 0 Å². The van der Waals surface area contributed by atoms with Gasteiger partial charge >= 0.3 is 0 Å². The normalized spacial score (nSPS) is 11.4. The zero-order chi connectivity index (χ0) is 21.3. The molecule has 0 radical (unpaired) electrons. The van der Waals surface area contributed by atoms with Crippen LogP contribution in [0.25, 0.3) is 10.2 Å². The highest BCUT2D eigenvalue weighted by Gasteiger charge is 2.20. The highest BCUT2D eigenvalue weighted by molar-refractivity contribution is 7.16. The van der Waals surface area contributed by atoms with Crippen LogP contribution in [0.5, 0.6) is 0 Å². The van der Waals surface area contributed by atoms with E-state index in [1.807, 2.05) is 0 Å². The summed E-state index contributed by atoms with van der Waals surface area (Å²) in [7, 11) is 0. The molecule has 0 N–H and O–H groups in total. The summed E-state index contributed by atoms with van der Waals surface area (Å²) >= 11 is 13.4. The molecule has 0 bridgehead atoms. The SMILES string of the molecule is C#CCn1c(=NC(=O)c2cc([N+](=O)[O-])cc([N+](=O)[O-])c2)sc2ccc(Cl)c(Cl)c21. The van der Waals surface area contributed by atoms with Crippen LogP contribution in [0.1, 0.15) is 10.4 Å². The smallest absolute Gasteiger partial charge is 0.280 e. The number of amides is 1. The van der Waals surface area contributed by atoms with Crippen molar-refractivity contribution in [3.63, 3.8) is 0 Å². The maximum atomic E-state index is 12.6. The second-order valence-electron chi connectivity index (χ2n) is 5.55. The van der Waals surface area contributed by atoms with Gasteiger partial charge in [0.15, 0.2) is 4.80 Å². The Morgan fingerprint density at radius 2 is 1.79 bits per heavy atom. The third-order valence-corrected chi connectivity index (χ3v) is 5.59. The number of terminal acetylenes is 1. The largest absolute Gasteiger partial charge is 0.303 e. The first-order valence-electron chi connectivity index (χ1n) is 7.66. The van der Waals surface area contributed by atoms with Gasteiger partial charge in [-0.1, -0.05) is 40.5 Å². The summed E-state index contributed by atoms with van der Waals surface area (Å²) in [6, 6.07) is 5.86. The lowest BCUT2D eigenvalue weighted by atomic mass is 10.1. The summed E-state index contributed by atoms with van der Waals surface area (Å²) in [6.07, 6.45) is 5.40. The van der Waals surface area contributed by atoms with Gasteiger partial charge in [-0.2, -0.15) is 4.99 Å². The summed E-state index contributed by atoms with van der Waals surface area (Å²) in [5.74, 6) is 1.52. The van der Waals surface area contributed by atoms with Crippen LogP contribution < -0.4 is 4.80 Å². The van der Waals surface area contributed by atoms with Gasteiger partial charge in [0.25, 0.3) is 17.3 Å². The number of hydrogen-bond acceptors (Lipinski definition) is 6. The van der Waals surface area contributed by atoms with E-state index in [-0.39, 0.29) is 27.0 Å². The molecule has 0 unspecified atom stereocenters. The highest BCUT2D eigenvalue weighted by Crippen LogP contribution is 2.32. The zero-order valence-corrected chi connectivity index (χ0v) is 16.5. The molecule has 0 saturated carbocycles. The fourth-order valence-electron chi connectivity index (χ4n) is 2.51. The Bertz CT molecular complexity index is 1270. The lowest BCUT2D eigenvalue weighted by Crippen LogP contribution is -2.16. The molecular formula is C17H8Cl2N4O5S. The first-order chi connectivity index (χ1) is 13.7. The second kappa shape index (κ2) is 8.00. The van der Waals surface area contributed by atoms with E-state index in [9.17, 15) is 25.0 Å². The molecule has 9 nitrogen and oxygen atoms in total. The van der Waals surface area contributed by atoms with Gasteiger partial charge in [0.05, 0.1) is 48.3 Å². The van der Waals surface area contributed by atoms with Gasteiger partial charge in [0.1, 0.15) is 0 Å². The summed E-state index contributed by atoms with van der Waals surface area (Å²) in [4.78, 5) is 37.1. The van der Waals surface area contributed by atoms with Crippen molar-refractivity contribution in [2.45, 2.75) is 6.54 Å². The van der Waals surface area contributed by atoms with Gasteiger partial charge in [-0.15, -0.1) is 6.42 Å². The predicted molar refractivity (Wildman–Crippen MR) is 108 cm³/mol. The molecule has 12 heteroatoms. The van der Waals surface area contributed by atoms with Crippen molar-refractivity contribution < 1.29 is 14.6 Å². The highest BCUT2D eigenvalue weighted by atomic mass is 35.5. The van der Waals surface area contributed by atoms with Crippen molar-refractivity contribution >= 4 is 62.0 Å². The maximum Gasteiger partial charge on any atom is 0.280 e. The van der Waals surface area contributed by atoms with Gasteiger partial charge in [-0.3, -0.25) is 25.0 Å². The van der Waals surface area contributed by atoms with Crippen molar-refractivity contribution in [3.05, 3.63) is 71.0 Å². The average Bonchev–Trinajstić information content (AvgIpc) is 3.02. The van der Waals surface area contributed by atoms with Gasteiger partial charge in [0.2, 0.25) is 0 Å². The van der Waals surface area contributed by atoms with Crippen LogP contribution in [-0.4, -0.2) is 20.3 Å². The van der Waals surface area contributed by atoms with Crippen LogP contribution in [0.4, 0.5) is 11.4 Å². The summed E-state index contributed by atoms with van der Waals surface area (Å²) in [6.45, 7) is 0.0290. The molecular weight excluding hydrogens is 443 g/mol. The number of aromatic nitrogens is 1. The minimum atomic E-state index is -0.906. The van der Waals surface area contributed by atoms with Gasteiger partial charge in [0, 0.05) is 12.1 Å². The molecule has 146 valence electrons. The van der Waals surface area contributed by atoms with Crippen LogP contribution in [0, 0.1) is 32.6 Å². The van der Waals surface area contributed by atoms with E-state index < -0.39 is 27.1 Å². The Morgan fingerprint density at radius 3 is 2.34 bits per heavy atom. The summed E-state index contributed by atoms with van der Waals surface area (Å²) < 4.78 is 2.16. The number of hydrogen-bond donors (Lipinski definition) is 0. The quantitative estimate of drug-likeness (QED) is 0.334. The minimum Gasteiger partial charge on any atom is -0.303 e. The molecule has 1 aromatic heterocycles. The number of fused-ring (bicyclic) bond motifs is 1. The molecule has 2 aromatic carbocycles. The molecule has 0 aliphatic carbocycles. The molecule has 3 aromatic rings. The number of rotatable bonds is 4. The van der Waals surface area contributed by atoms with E-state index in [2.05, 4.69) is 10.9 Å². The number of halogens is 2. The average molecular weight is 451 g/mol. The van der Waals surface area contributed by atoms with Crippen molar-refractivity contribution in [1.82, 2.24) is 4.57 Å². The van der Waals surface area contributed by atoms with Crippen molar-refractivity contribution in [3.8, 4) is 12.3 Å². The Hall–Kier alpha value is -3.26. The van der Waals surface area contributed by atoms with Crippen LogP contribution in [0.15, 0.2) is 35.3 Å². The van der Waals surface area contributed by atoms with Gasteiger partial charge < -0.3 is 4.57 Å². The monoisotopic (exact) mass is 450 g/mol. The Kier molecular flexibility index (Phi) is 5.65. The molecule has 29 heavy (non-hydrogen) atoms. The molecule has 0 fully saturated rings. The first kappa shape index (κ1) is 20.5. The molecule has 0 atom stereocenters. The van der Waals surface area contributed by atoms with E-state index in [0.717, 1.165) is 29.5 Å². The van der Waals surface area contributed by atoms with Crippen LogP contribution >= 0.6 is 34.5 Å². The minimum absolute atomic E-state index is 0.0290. The van der Waals surface area contributed by atoms with E-state index >= 15 is 0 Å². The number of carbonyl (C=O) groups is 1.